The van der Waals surface area contributed by atoms with E-state index in [0.717, 1.165) is 24.0 Å². The van der Waals surface area contributed by atoms with E-state index in [0.29, 0.717) is 18.8 Å². The first-order valence-corrected chi connectivity index (χ1v) is 8.44. The topological polar surface area (TPSA) is 63.4 Å². The molecule has 0 atom stereocenters. The first-order chi connectivity index (χ1) is 9.13. The summed E-state index contributed by atoms with van der Waals surface area (Å²) in [4.78, 5) is 0.250. The third kappa shape index (κ3) is 2.83. The molecule has 1 aromatic carbocycles. The summed E-state index contributed by atoms with van der Waals surface area (Å²) < 4.78 is 27.0. The van der Waals surface area contributed by atoms with Gasteiger partial charge in [-0.15, -0.1) is 0 Å². The van der Waals surface area contributed by atoms with Crippen LogP contribution in [0.3, 0.4) is 0 Å². The van der Waals surface area contributed by atoms with Crippen molar-refractivity contribution in [3.8, 4) is 0 Å². The van der Waals surface area contributed by atoms with Gasteiger partial charge in [0, 0.05) is 13.1 Å². The van der Waals surface area contributed by atoms with E-state index in [1.54, 1.807) is 16.4 Å². The number of nitrogen functional groups attached to an aromatic ring is 1. The lowest BCUT2D eigenvalue weighted by Crippen LogP contribution is -2.41. The molecule has 2 N–H and O–H groups in total. The Morgan fingerprint density at radius 3 is 2.15 bits per heavy atom. The molecule has 4 nitrogen and oxygen atoms in total. The van der Waals surface area contributed by atoms with Crippen LogP contribution in [0.15, 0.2) is 17.0 Å². The van der Waals surface area contributed by atoms with Crippen LogP contribution in [0, 0.1) is 19.3 Å². The zero-order chi connectivity index (χ0) is 15.1. The van der Waals surface area contributed by atoms with Crippen LogP contribution < -0.4 is 5.73 Å². The molecule has 0 saturated carbocycles. The maximum Gasteiger partial charge on any atom is 0.245 e. The third-order valence-electron chi connectivity index (χ3n) is 4.32. The predicted molar refractivity (Wildman–Crippen MR) is 82.1 cm³/mol. The third-order valence-corrected chi connectivity index (χ3v) is 6.27. The number of sulfonamides is 1. The number of rotatable bonds is 2. The van der Waals surface area contributed by atoms with Gasteiger partial charge in [0.1, 0.15) is 4.90 Å². The zero-order valence-corrected chi connectivity index (χ0v) is 13.5. The van der Waals surface area contributed by atoms with Gasteiger partial charge in [-0.05, 0) is 55.4 Å². The second-order valence-electron chi connectivity index (χ2n) is 6.54. The van der Waals surface area contributed by atoms with E-state index in [-0.39, 0.29) is 10.3 Å². The van der Waals surface area contributed by atoms with Crippen molar-refractivity contribution in [2.24, 2.45) is 5.41 Å². The largest absolute Gasteiger partial charge is 0.398 e. The SMILES string of the molecule is Cc1cc(N)c(S(=O)(=O)N2CCC(C)(C)CC2)cc1C. The number of piperidine rings is 1. The molecule has 1 aliphatic rings. The van der Waals surface area contributed by atoms with E-state index in [1.165, 1.54) is 0 Å². The first kappa shape index (κ1) is 15.3. The van der Waals surface area contributed by atoms with Crippen LogP contribution in [0.4, 0.5) is 5.69 Å². The summed E-state index contributed by atoms with van der Waals surface area (Å²) in [6, 6.07) is 3.44. The monoisotopic (exact) mass is 296 g/mol. The van der Waals surface area contributed by atoms with E-state index in [2.05, 4.69) is 13.8 Å². The van der Waals surface area contributed by atoms with E-state index >= 15 is 0 Å². The van der Waals surface area contributed by atoms with E-state index in [1.807, 2.05) is 13.8 Å². The average molecular weight is 296 g/mol. The molecule has 0 amide bonds. The lowest BCUT2D eigenvalue weighted by molar-refractivity contribution is 0.196. The van der Waals surface area contributed by atoms with Crippen molar-refractivity contribution in [1.82, 2.24) is 4.31 Å². The molecule has 1 fully saturated rings. The number of nitrogens with zero attached hydrogens (tertiary/aromatic N) is 1. The molecule has 20 heavy (non-hydrogen) atoms. The first-order valence-electron chi connectivity index (χ1n) is 7.00. The van der Waals surface area contributed by atoms with Crippen LogP contribution in [0.25, 0.3) is 0 Å². The number of anilines is 1. The highest BCUT2D eigenvalue weighted by molar-refractivity contribution is 7.89. The highest BCUT2D eigenvalue weighted by atomic mass is 32.2. The summed E-state index contributed by atoms with van der Waals surface area (Å²) in [6.07, 6.45) is 1.77. The van der Waals surface area contributed by atoms with Crippen molar-refractivity contribution in [2.75, 3.05) is 18.8 Å². The maximum atomic E-state index is 12.7. The van der Waals surface area contributed by atoms with Gasteiger partial charge in [-0.2, -0.15) is 4.31 Å². The molecule has 1 aliphatic heterocycles. The highest BCUT2D eigenvalue weighted by Crippen LogP contribution is 2.34. The highest BCUT2D eigenvalue weighted by Gasteiger charge is 2.33. The van der Waals surface area contributed by atoms with Crippen LogP contribution in [-0.4, -0.2) is 25.8 Å². The Hall–Kier alpha value is -1.07. The normalized spacial score (nSPS) is 20.0. The summed E-state index contributed by atoms with van der Waals surface area (Å²) in [5, 5.41) is 0. The minimum atomic E-state index is -3.47. The quantitative estimate of drug-likeness (QED) is 0.853. The Morgan fingerprint density at radius 2 is 1.60 bits per heavy atom. The molecule has 0 bridgehead atoms. The minimum Gasteiger partial charge on any atom is -0.398 e. The Balaban J connectivity index is 2.34. The van der Waals surface area contributed by atoms with Crippen LogP contribution in [0.2, 0.25) is 0 Å². The van der Waals surface area contributed by atoms with Crippen LogP contribution in [0.5, 0.6) is 0 Å². The molecule has 0 spiro atoms. The molecule has 0 aromatic heterocycles. The summed E-state index contributed by atoms with van der Waals surface area (Å²) >= 11 is 0. The van der Waals surface area contributed by atoms with Crippen molar-refractivity contribution in [1.29, 1.82) is 0 Å². The summed E-state index contributed by atoms with van der Waals surface area (Å²) in [5.41, 5.74) is 8.47. The van der Waals surface area contributed by atoms with E-state index in [4.69, 9.17) is 5.73 Å². The standard InChI is InChI=1S/C15H24N2O2S/c1-11-9-13(16)14(10-12(11)2)20(18,19)17-7-5-15(3,4)6-8-17/h9-10H,5-8,16H2,1-4H3. The van der Waals surface area contributed by atoms with Gasteiger partial charge in [-0.1, -0.05) is 13.8 Å². The van der Waals surface area contributed by atoms with Crippen molar-refractivity contribution >= 4 is 15.7 Å². The van der Waals surface area contributed by atoms with Crippen molar-refractivity contribution in [3.63, 3.8) is 0 Å². The fraction of sp³-hybridized carbons (Fsp3) is 0.600. The maximum absolute atomic E-state index is 12.7. The molecule has 0 radical (unpaired) electrons. The van der Waals surface area contributed by atoms with E-state index in [9.17, 15) is 8.42 Å². The fourth-order valence-electron chi connectivity index (χ4n) is 2.51. The van der Waals surface area contributed by atoms with Gasteiger partial charge in [0.25, 0.3) is 0 Å². The second-order valence-corrected chi connectivity index (χ2v) is 8.45. The van der Waals surface area contributed by atoms with Crippen LogP contribution in [-0.2, 0) is 10.0 Å². The molecular weight excluding hydrogens is 272 g/mol. The van der Waals surface area contributed by atoms with Gasteiger partial charge >= 0.3 is 0 Å². The second kappa shape index (κ2) is 5.04. The molecule has 112 valence electrons. The minimum absolute atomic E-state index is 0.223. The molecule has 1 saturated heterocycles. The van der Waals surface area contributed by atoms with Gasteiger partial charge in [-0.25, -0.2) is 8.42 Å². The molecule has 1 aromatic rings. The van der Waals surface area contributed by atoms with Gasteiger partial charge < -0.3 is 5.73 Å². The van der Waals surface area contributed by atoms with Crippen molar-refractivity contribution in [3.05, 3.63) is 23.3 Å². The molecule has 5 heteroatoms. The number of nitrogens with two attached hydrogens (primary N) is 1. The average Bonchev–Trinajstić information content (AvgIpc) is 2.33. The Morgan fingerprint density at radius 1 is 1.10 bits per heavy atom. The van der Waals surface area contributed by atoms with Crippen molar-refractivity contribution in [2.45, 2.75) is 45.4 Å². The number of hydrogen-bond donors (Lipinski definition) is 1. The van der Waals surface area contributed by atoms with Gasteiger partial charge in [-0.3, -0.25) is 0 Å². The summed E-state index contributed by atoms with van der Waals surface area (Å²) in [6.45, 7) is 9.35. The zero-order valence-electron chi connectivity index (χ0n) is 12.7. The number of hydrogen-bond acceptors (Lipinski definition) is 3. The number of benzene rings is 1. The summed E-state index contributed by atoms with van der Waals surface area (Å²) in [5.74, 6) is 0. The van der Waals surface area contributed by atoms with Gasteiger partial charge in [0.05, 0.1) is 5.69 Å². The lowest BCUT2D eigenvalue weighted by Gasteiger charge is -2.36. The lowest BCUT2D eigenvalue weighted by atomic mass is 9.83. The van der Waals surface area contributed by atoms with Gasteiger partial charge in [0.2, 0.25) is 10.0 Å². The molecular formula is C15H24N2O2S. The summed E-state index contributed by atoms with van der Waals surface area (Å²) in [7, 11) is -3.47. The molecule has 2 rings (SSSR count). The fourth-order valence-corrected chi connectivity index (χ4v) is 4.13. The molecule has 0 unspecified atom stereocenters. The van der Waals surface area contributed by atoms with E-state index < -0.39 is 10.0 Å². The van der Waals surface area contributed by atoms with Crippen LogP contribution >= 0.6 is 0 Å². The Labute approximate surface area is 122 Å². The smallest absolute Gasteiger partial charge is 0.245 e. The Bertz CT molecular complexity index is 611. The van der Waals surface area contributed by atoms with Crippen molar-refractivity contribution < 1.29 is 8.42 Å². The molecule has 1 heterocycles. The predicted octanol–water partition coefficient (Wildman–Crippen LogP) is 2.70. The van der Waals surface area contributed by atoms with Gasteiger partial charge in [0.15, 0.2) is 0 Å². The molecule has 0 aliphatic carbocycles. The van der Waals surface area contributed by atoms with Crippen LogP contribution in [0.1, 0.15) is 37.8 Å². The number of aryl methyl sites for hydroxylation is 2. The Kier molecular flexibility index (Phi) is 3.86.